The van der Waals surface area contributed by atoms with Crippen LogP contribution in [0.25, 0.3) is 293 Å². The maximum Gasteiger partial charge on any atom is 0.235 e. The zero-order chi connectivity index (χ0) is 91.0. The minimum atomic E-state index is 0.670. The third-order valence-corrected chi connectivity index (χ3v) is 29.0. The van der Waals surface area contributed by atoms with Crippen LogP contribution in [0.2, 0.25) is 0 Å². The molecule has 0 bridgehead atoms. The number of rotatable bonds is 9. The van der Waals surface area contributed by atoms with Crippen LogP contribution in [0.4, 0.5) is 0 Å². The van der Waals surface area contributed by atoms with Crippen molar-refractivity contribution in [2.24, 2.45) is 0 Å². The highest BCUT2D eigenvalue weighted by Crippen LogP contribution is 2.57. The summed E-state index contributed by atoms with van der Waals surface area (Å²) in [7, 11) is 0. The molecule has 6 heterocycles. The fourth-order valence-corrected chi connectivity index (χ4v) is 23.1. The molecule has 0 atom stereocenters. The Morgan fingerprint density at radius 2 is 0.424 bits per heavy atom. The monoisotopic (exact) mass is 1760 g/mol. The van der Waals surface area contributed by atoms with Crippen LogP contribution in [-0.2, 0) is 0 Å². The van der Waals surface area contributed by atoms with E-state index >= 15 is 0 Å². The van der Waals surface area contributed by atoms with Crippen molar-refractivity contribution in [3.8, 4) is 152 Å². The van der Waals surface area contributed by atoms with E-state index in [1.54, 1.807) is 0 Å². The molecule has 28 aromatic rings. The molecule has 0 saturated carbocycles. The molecular formula is C130H77N9. The van der Waals surface area contributed by atoms with Gasteiger partial charge in [-0.3, -0.25) is 13.7 Å². The quantitative estimate of drug-likeness (QED) is 0.143. The number of nitrogens with zero attached hydrogens (tertiary/aromatic N) is 9. The van der Waals surface area contributed by atoms with E-state index in [1.807, 2.05) is 30.3 Å². The fourth-order valence-electron chi connectivity index (χ4n) is 23.1. The number of hydrogen-bond donors (Lipinski definition) is 0. The number of hydrogen-bond acceptors (Lipinski definition) is 6. The molecule has 22 aromatic carbocycles. The van der Waals surface area contributed by atoms with Crippen LogP contribution in [0.15, 0.2) is 467 Å². The van der Waals surface area contributed by atoms with Crippen molar-refractivity contribution in [3.63, 3.8) is 0 Å². The predicted molar refractivity (Wildman–Crippen MR) is 578 cm³/mol. The van der Waals surface area contributed by atoms with Crippen LogP contribution in [0.1, 0.15) is 0 Å². The number of aromatic nitrogens is 9. The van der Waals surface area contributed by atoms with E-state index in [-0.39, 0.29) is 0 Å². The zero-order valence-electron chi connectivity index (χ0n) is 75.0. The third-order valence-electron chi connectivity index (χ3n) is 29.0. The zero-order valence-corrected chi connectivity index (χ0v) is 75.0. The Bertz CT molecular complexity index is 10100. The standard InChI is InChI=1S/C46H27N3.2C42H25N3/c1-2-13-29(14-3-1)38-27-41-44-42-34(19-10-20-36(38)42)32-16-6-7-17-33(32)35-21-11-23-40(43(35)44)49(41)46-47-39-22-9-8-18-37(39)45(48-46)31-25-24-28-12-4-5-15-30(28)26-31;1-3-13-26(14-4-1)33-25-37-40-38-30(19-11-20-32(33)38)28-17-7-8-18-29(28)31-21-12-24-36(39(31)40)45(37)42-41(27-15-5-2-6-16-27)43-34-22-9-10-23-35(34)44-42;1-3-13-26(14-4-1)34-25-37-40-38-30(20-11-21-32(34)38)28-17-7-8-18-29(28)31-22-12-24-36(39(31)40)45(37)42-43-35-23-10-9-19-33(35)41(44-42)27-15-5-2-6-16-27/h1-27H;2*1-25H. The smallest absolute Gasteiger partial charge is 0.235 e. The Kier molecular flexibility index (Phi) is 17.3. The summed E-state index contributed by atoms with van der Waals surface area (Å²) in [6.45, 7) is 0. The molecule has 0 amide bonds. The van der Waals surface area contributed by atoms with Crippen molar-refractivity contribution < 1.29 is 0 Å². The Labute approximate surface area is 798 Å². The summed E-state index contributed by atoms with van der Waals surface area (Å²) in [4.78, 5) is 32.1. The summed E-state index contributed by atoms with van der Waals surface area (Å²) >= 11 is 0. The molecule has 31 rings (SSSR count). The van der Waals surface area contributed by atoms with E-state index in [0.29, 0.717) is 11.9 Å². The van der Waals surface area contributed by atoms with E-state index in [1.165, 1.54) is 176 Å². The predicted octanol–water partition coefficient (Wildman–Crippen LogP) is 33.7. The summed E-state index contributed by atoms with van der Waals surface area (Å²) in [6.07, 6.45) is 0. The van der Waals surface area contributed by atoms with Crippen LogP contribution in [0, 0.1) is 0 Å². The minimum Gasteiger partial charge on any atom is -0.292 e. The van der Waals surface area contributed by atoms with Gasteiger partial charge in [0.25, 0.3) is 0 Å². The van der Waals surface area contributed by atoms with Crippen LogP contribution in [-0.4, -0.2) is 43.6 Å². The molecule has 0 spiro atoms. The molecule has 9 heteroatoms. The lowest BCUT2D eigenvalue weighted by Crippen LogP contribution is -2.04. The summed E-state index contributed by atoms with van der Waals surface area (Å²) in [5.74, 6) is 2.18. The van der Waals surface area contributed by atoms with Gasteiger partial charge in [-0.05, 0) is 194 Å². The lowest BCUT2D eigenvalue weighted by Gasteiger charge is -2.17. The van der Waals surface area contributed by atoms with Gasteiger partial charge in [-0.15, -0.1) is 0 Å². The maximum absolute atomic E-state index is 5.47. The van der Waals surface area contributed by atoms with E-state index in [4.69, 9.17) is 29.9 Å². The second kappa shape index (κ2) is 30.9. The van der Waals surface area contributed by atoms with E-state index in [9.17, 15) is 0 Å². The van der Waals surface area contributed by atoms with E-state index < -0.39 is 0 Å². The number of para-hydroxylation sites is 4. The van der Waals surface area contributed by atoms with Gasteiger partial charge in [-0.2, -0.15) is 0 Å². The maximum atomic E-state index is 5.47. The first-order valence-electron chi connectivity index (χ1n) is 47.5. The Hall–Kier alpha value is -18.7. The van der Waals surface area contributed by atoms with Crippen LogP contribution >= 0.6 is 0 Å². The van der Waals surface area contributed by atoms with Gasteiger partial charge in [0, 0.05) is 75.9 Å². The Balaban J connectivity index is 0.000000100. The molecule has 6 aromatic heterocycles. The normalized spacial score (nSPS) is 12.0. The molecule has 0 N–H and O–H groups in total. The Morgan fingerprint density at radius 1 is 0.137 bits per heavy atom. The van der Waals surface area contributed by atoms with Gasteiger partial charge in [-0.1, -0.05) is 400 Å². The second-order valence-corrected chi connectivity index (χ2v) is 36.4. The van der Waals surface area contributed by atoms with Crippen molar-refractivity contribution in [1.29, 1.82) is 0 Å². The average Bonchev–Trinajstić information content (AvgIpc) is 1.54. The lowest BCUT2D eigenvalue weighted by atomic mass is 9.90. The van der Waals surface area contributed by atoms with E-state index in [2.05, 4.69) is 450 Å². The van der Waals surface area contributed by atoms with Crippen molar-refractivity contribution >= 4 is 141 Å². The van der Waals surface area contributed by atoms with Gasteiger partial charge in [-0.25, -0.2) is 29.9 Å². The summed E-state index contributed by atoms with van der Waals surface area (Å²) in [5.41, 5.74) is 38.4. The molecule has 9 nitrogen and oxygen atoms in total. The van der Waals surface area contributed by atoms with Gasteiger partial charge in [0.1, 0.15) is 5.69 Å². The highest BCUT2D eigenvalue weighted by atomic mass is 15.2. The molecule has 0 aliphatic heterocycles. The molecule has 0 saturated heterocycles. The van der Waals surface area contributed by atoms with Gasteiger partial charge < -0.3 is 0 Å². The highest BCUT2D eigenvalue weighted by Gasteiger charge is 2.34. The first-order chi connectivity index (χ1) is 69.0. The van der Waals surface area contributed by atoms with Crippen molar-refractivity contribution in [1.82, 2.24) is 43.6 Å². The Morgan fingerprint density at radius 3 is 0.827 bits per heavy atom. The van der Waals surface area contributed by atoms with Gasteiger partial charge in [0.15, 0.2) is 5.82 Å². The molecule has 0 fully saturated rings. The molecule has 642 valence electrons. The lowest BCUT2D eigenvalue weighted by molar-refractivity contribution is 1.01. The third kappa shape index (κ3) is 11.9. The molecular weight excluding hydrogens is 1690 g/mol. The summed E-state index contributed by atoms with van der Waals surface area (Å²) < 4.78 is 6.97. The molecule has 139 heavy (non-hydrogen) atoms. The summed E-state index contributed by atoms with van der Waals surface area (Å²) in [5, 5.41) is 19.6. The van der Waals surface area contributed by atoms with Crippen LogP contribution < -0.4 is 0 Å². The second-order valence-electron chi connectivity index (χ2n) is 36.4. The van der Waals surface area contributed by atoms with Crippen molar-refractivity contribution in [2.45, 2.75) is 0 Å². The topological polar surface area (TPSA) is 92.1 Å². The molecule has 3 aliphatic rings. The van der Waals surface area contributed by atoms with Crippen molar-refractivity contribution in [3.05, 3.63) is 467 Å². The average molecular weight is 1770 g/mol. The van der Waals surface area contributed by atoms with Gasteiger partial charge >= 0.3 is 0 Å². The summed E-state index contributed by atoms with van der Waals surface area (Å²) in [6, 6.07) is 167. The molecule has 0 radical (unpaired) electrons. The van der Waals surface area contributed by atoms with Crippen LogP contribution in [0.5, 0.6) is 0 Å². The SMILES string of the molecule is c1ccc(-c2cc3c4c5c(cccc25)-c2ccccc2-c2cccc(c24)n3-c2nc(-c3ccc4ccccc4c3)c3ccccc3n2)cc1.c1ccc(-c2nc(-n3c4cccc5c4c4c6c(cccc6c(-c6ccccc6)cc43)-c3ccccc3-5)nc3ccccc23)cc1.c1ccc(-c2nc3ccccc3nc2-n2c3cccc4c3c3c5c(cccc5c(-c5ccccc5)cc32)-c2ccccc2-4)cc1. The van der Waals surface area contributed by atoms with E-state index in [0.717, 1.165) is 106 Å². The first kappa shape index (κ1) is 77.9. The highest BCUT2D eigenvalue weighted by molar-refractivity contribution is 6.36. The van der Waals surface area contributed by atoms with Gasteiger partial charge in [0.05, 0.1) is 66.6 Å². The largest absolute Gasteiger partial charge is 0.292 e. The number of fused-ring (bicyclic) bond motifs is 13. The molecule has 0 unspecified atom stereocenters. The van der Waals surface area contributed by atoms with Crippen molar-refractivity contribution in [2.75, 3.05) is 0 Å². The minimum absolute atomic E-state index is 0.670. The first-order valence-corrected chi connectivity index (χ1v) is 47.5. The van der Waals surface area contributed by atoms with Gasteiger partial charge in [0.2, 0.25) is 11.9 Å². The molecule has 3 aliphatic carbocycles. The van der Waals surface area contributed by atoms with Crippen LogP contribution in [0.3, 0.4) is 0 Å². The number of benzene rings is 22. The fraction of sp³-hybridized carbons (Fsp3) is 0.